The van der Waals surface area contributed by atoms with E-state index in [9.17, 15) is 43.2 Å². The summed E-state index contributed by atoms with van der Waals surface area (Å²) in [5.74, 6) is 0.255. The Balaban J connectivity index is 5.25. The average Bonchev–Trinajstić information content (AvgIpc) is 0.897. The van der Waals surface area contributed by atoms with Crippen molar-refractivity contribution in [3.8, 4) is 0 Å². The molecule has 17 nitrogen and oxygen atoms in total. The summed E-state index contributed by atoms with van der Waals surface area (Å²) in [5.41, 5.74) is 0. The number of ether oxygens (including phenoxy) is 4. The third-order valence-corrected chi connectivity index (χ3v) is 22.6. The SMILES string of the molecule is CCCCCCCCCCCCCCCCCCCCCCCC(=O)O[C@H](COC(=O)CCCCCCCCCCCCCCCCCCC(C)C)COP(=O)(O)OC[C@@H](O)COP(=O)(O)OC[C@@H](COC(=O)CCCCCCCCCCCC(C)C)OC(=O)CCCCCCCCCCCCC(C)CC. The quantitative estimate of drug-likeness (QED) is 0.0222. The monoisotopic (exact) mass is 1550 g/mol. The zero-order chi connectivity index (χ0) is 77.9. The number of phosphoric ester groups is 2. The normalized spacial score (nSPS) is 14.1. The Bertz CT molecular complexity index is 2050. The second kappa shape index (κ2) is 77.0. The molecule has 3 N–H and O–H groups in total. The van der Waals surface area contributed by atoms with Gasteiger partial charge in [-0.3, -0.25) is 37.3 Å². The lowest BCUT2D eigenvalue weighted by Crippen LogP contribution is -2.30. The molecule has 0 fully saturated rings. The highest BCUT2D eigenvalue weighted by Gasteiger charge is 2.31. The third-order valence-electron chi connectivity index (χ3n) is 20.7. The number of phosphoric acid groups is 2. The van der Waals surface area contributed by atoms with Crippen LogP contribution in [0.2, 0.25) is 0 Å². The van der Waals surface area contributed by atoms with Crippen molar-refractivity contribution in [2.75, 3.05) is 39.6 Å². The van der Waals surface area contributed by atoms with Gasteiger partial charge >= 0.3 is 39.5 Å². The molecule has 0 saturated heterocycles. The Kier molecular flexibility index (Phi) is 75.6. The van der Waals surface area contributed by atoms with Crippen LogP contribution in [0.15, 0.2) is 0 Å². The summed E-state index contributed by atoms with van der Waals surface area (Å²) in [7, 11) is -9.93. The van der Waals surface area contributed by atoms with Gasteiger partial charge in [0.15, 0.2) is 12.2 Å². The van der Waals surface area contributed by atoms with Gasteiger partial charge in [-0.15, -0.1) is 0 Å². The van der Waals surface area contributed by atoms with E-state index in [4.69, 9.17) is 37.0 Å². The molecule has 0 bridgehead atoms. The summed E-state index contributed by atoms with van der Waals surface area (Å²) >= 11 is 0. The number of aliphatic hydroxyl groups is 1. The lowest BCUT2D eigenvalue weighted by atomic mass is 9.99. The van der Waals surface area contributed by atoms with Gasteiger partial charge < -0.3 is 33.8 Å². The van der Waals surface area contributed by atoms with Gasteiger partial charge in [-0.2, -0.15) is 0 Å². The fourth-order valence-corrected chi connectivity index (χ4v) is 15.1. The largest absolute Gasteiger partial charge is 0.472 e. The zero-order valence-corrected chi connectivity index (χ0v) is 71.7. The lowest BCUT2D eigenvalue weighted by molar-refractivity contribution is -0.161. The smallest absolute Gasteiger partial charge is 0.462 e. The Labute approximate surface area is 651 Å². The predicted molar refractivity (Wildman–Crippen MR) is 437 cm³/mol. The molecular weight excluding hydrogens is 1380 g/mol. The van der Waals surface area contributed by atoms with E-state index < -0.39 is 97.5 Å². The van der Waals surface area contributed by atoms with Gasteiger partial charge in [0.25, 0.3) is 0 Å². The fraction of sp³-hybridized carbons (Fsp3) is 0.954. The molecule has 106 heavy (non-hydrogen) atoms. The van der Waals surface area contributed by atoms with E-state index in [-0.39, 0.29) is 25.7 Å². The van der Waals surface area contributed by atoms with Crippen LogP contribution in [0.1, 0.15) is 459 Å². The van der Waals surface area contributed by atoms with Gasteiger partial charge in [0, 0.05) is 25.7 Å². The van der Waals surface area contributed by atoms with Crippen molar-refractivity contribution in [1.82, 2.24) is 0 Å². The van der Waals surface area contributed by atoms with Crippen LogP contribution in [0.3, 0.4) is 0 Å². The summed E-state index contributed by atoms with van der Waals surface area (Å²) in [6, 6.07) is 0. The first-order valence-electron chi connectivity index (χ1n) is 44.9. The standard InChI is InChI=1S/C87H170O17P2/c1-8-10-11-12-13-14-15-16-17-18-19-20-21-22-27-30-33-41-49-56-63-70-86(91)103-82(74-97-84(89)68-61-54-47-40-32-29-26-24-23-25-28-31-37-44-51-58-65-78(3)4)76-101-105(93,94)99-72-81(88)73-100-106(95,96)102-77-83(75-98-85(90)69-62-55-48-43-36-38-45-52-59-66-79(5)6)104-87(92)71-64-57-50-42-35-34-39-46-53-60-67-80(7)9-2/h78-83,88H,8-77H2,1-7H3,(H,93,94)(H,95,96)/t80?,81-,82-,83-/m1/s1. The predicted octanol–water partition coefficient (Wildman–Crippen LogP) is 26.5. The van der Waals surface area contributed by atoms with Gasteiger partial charge in [-0.1, -0.05) is 408 Å². The summed E-state index contributed by atoms with van der Waals surface area (Å²) in [6.45, 7) is 12.0. The number of carbonyl (C=O) groups excluding carboxylic acids is 4. The van der Waals surface area contributed by atoms with Crippen molar-refractivity contribution >= 4 is 39.5 Å². The first-order valence-corrected chi connectivity index (χ1v) is 47.9. The van der Waals surface area contributed by atoms with Crippen LogP contribution in [0.25, 0.3) is 0 Å². The first kappa shape index (κ1) is 104. The Morgan fingerprint density at radius 1 is 0.274 bits per heavy atom. The molecule has 3 unspecified atom stereocenters. The van der Waals surface area contributed by atoms with Crippen molar-refractivity contribution in [2.24, 2.45) is 17.8 Å². The molecule has 19 heteroatoms. The van der Waals surface area contributed by atoms with E-state index in [0.29, 0.717) is 25.7 Å². The van der Waals surface area contributed by atoms with Gasteiger partial charge in [0.2, 0.25) is 0 Å². The molecule has 0 heterocycles. The van der Waals surface area contributed by atoms with Crippen LogP contribution in [-0.4, -0.2) is 96.7 Å². The van der Waals surface area contributed by atoms with E-state index in [1.54, 1.807) is 0 Å². The van der Waals surface area contributed by atoms with E-state index in [2.05, 4.69) is 48.5 Å². The number of hydrogen-bond donors (Lipinski definition) is 3. The van der Waals surface area contributed by atoms with Gasteiger partial charge in [-0.05, 0) is 43.4 Å². The van der Waals surface area contributed by atoms with Crippen molar-refractivity contribution in [3.63, 3.8) is 0 Å². The van der Waals surface area contributed by atoms with Crippen LogP contribution < -0.4 is 0 Å². The molecule has 0 aliphatic heterocycles. The second-order valence-electron chi connectivity index (χ2n) is 32.5. The lowest BCUT2D eigenvalue weighted by Gasteiger charge is -2.21. The van der Waals surface area contributed by atoms with Crippen molar-refractivity contribution < 1.29 is 80.2 Å². The number of unbranched alkanes of at least 4 members (excludes halogenated alkanes) is 52. The second-order valence-corrected chi connectivity index (χ2v) is 35.4. The summed E-state index contributed by atoms with van der Waals surface area (Å²) < 4.78 is 68.9. The Morgan fingerprint density at radius 3 is 0.717 bits per heavy atom. The summed E-state index contributed by atoms with van der Waals surface area (Å²) in [5, 5.41) is 10.7. The molecule has 0 aliphatic carbocycles. The molecule has 0 amide bonds. The van der Waals surface area contributed by atoms with Gasteiger partial charge in [-0.25, -0.2) is 9.13 Å². The third kappa shape index (κ3) is 78.7. The minimum atomic E-state index is -4.97. The maximum Gasteiger partial charge on any atom is 0.472 e. The number of hydrogen-bond acceptors (Lipinski definition) is 15. The van der Waals surface area contributed by atoms with Crippen molar-refractivity contribution in [3.05, 3.63) is 0 Å². The molecule has 630 valence electrons. The van der Waals surface area contributed by atoms with E-state index >= 15 is 0 Å². The van der Waals surface area contributed by atoms with E-state index in [0.717, 1.165) is 108 Å². The number of aliphatic hydroxyl groups excluding tert-OH is 1. The number of esters is 4. The molecule has 0 spiro atoms. The molecule has 0 aromatic heterocycles. The minimum absolute atomic E-state index is 0.106. The van der Waals surface area contributed by atoms with Crippen molar-refractivity contribution in [1.29, 1.82) is 0 Å². The average molecular weight is 1550 g/mol. The summed E-state index contributed by atoms with van der Waals surface area (Å²) in [6.07, 6.45) is 68.0. The topological polar surface area (TPSA) is 237 Å². The Morgan fingerprint density at radius 2 is 0.481 bits per heavy atom. The molecule has 0 radical (unpaired) electrons. The minimum Gasteiger partial charge on any atom is -0.462 e. The Hall–Kier alpha value is -1.94. The number of rotatable bonds is 85. The fourth-order valence-electron chi connectivity index (χ4n) is 13.5. The van der Waals surface area contributed by atoms with Crippen LogP contribution in [-0.2, 0) is 65.4 Å². The highest BCUT2D eigenvalue weighted by atomic mass is 31.2. The molecule has 0 aromatic rings. The van der Waals surface area contributed by atoms with E-state index in [1.165, 1.54) is 270 Å². The first-order chi connectivity index (χ1) is 51.3. The highest BCUT2D eigenvalue weighted by molar-refractivity contribution is 7.47. The zero-order valence-electron chi connectivity index (χ0n) is 69.9. The summed E-state index contributed by atoms with van der Waals surface area (Å²) in [4.78, 5) is 73.3. The van der Waals surface area contributed by atoms with Crippen LogP contribution in [0.5, 0.6) is 0 Å². The van der Waals surface area contributed by atoms with Crippen molar-refractivity contribution in [2.45, 2.75) is 478 Å². The molecule has 0 aromatic carbocycles. The van der Waals surface area contributed by atoms with Crippen LogP contribution >= 0.6 is 15.6 Å². The molecular formula is C87H170O17P2. The maximum atomic E-state index is 13.2. The molecule has 0 aliphatic rings. The molecule has 6 atom stereocenters. The van der Waals surface area contributed by atoms with Crippen LogP contribution in [0, 0.1) is 17.8 Å². The molecule has 0 saturated carbocycles. The van der Waals surface area contributed by atoms with Gasteiger partial charge in [0.1, 0.15) is 19.3 Å². The molecule has 0 rings (SSSR count). The maximum absolute atomic E-state index is 13.2. The highest BCUT2D eigenvalue weighted by Crippen LogP contribution is 2.45. The number of carbonyl (C=O) groups is 4. The van der Waals surface area contributed by atoms with Crippen LogP contribution in [0.4, 0.5) is 0 Å². The van der Waals surface area contributed by atoms with Gasteiger partial charge in [0.05, 0.1) is 26.4 Å². The van der Waals surface area contributed by atoms with E-state index in [1.807, 2.05) is 0 Å².